The Hall–Kier alpha value is -2.04. The van der Waals surface area contributed by atoms with Crippen molar-refractivity contribution in [3.8, 4) is 5.75 Å². The van der Waals surface area contributed by atoms with Crippen LogP contribution in [0.2, 0.25) is 0 Å². The largest absolute Gasteiger partial charge is 0.482 e. The lowest BCUT2D eigenvalue weighted by Gasteiger charge is -2.37. The molecular weight excluding hydrogens is 530 g/mol. The molecule has 1 atom stereocenters. The van der Waals surface area contributed by atoms with Gasteiger partial charge in [-0.3, -0.25) is 0 Å². The Labute approximate surface area is 219 Å². The highest BCUT2D eigenvalue weighted by molar-refractivity contribution is 9.10. The average molecular weight is 563 g/mol. The zero-order valence-corrected chi connectivity index (χ0v) is 23.3. The van der Waals surface area contributed by atoms with Crippen LogP contribution in [0.15, 0.2) is 22.9 Å². The number of anilines is 3. The van der Waals surface area contributed by atoms with Gasteiger partial charge in [-0.1, -0.05) is 0 Å². The number of fused-ring (bicyclic) bond motifs is 2. The number of halogens is 1. The second-order valence-corrected chi connectivity index (χ2v) is 12.5. The van der Waals surface area contributed by atoms with Crippen LogP contribution in [0.25, 0.3) is 0 Å². The summed E-state index contributed by atoms with van der Waals surface area (Å²) in [5, 5.41) is 0. The third-order valence-corrected chi connectivity index (χ3v) is 8.00. The van der Waals surface area contributed by atoms with E-state index in [1.165, 1.54) is 0 Å². The van der Waals surface area contributed by atoms with E-state index in [0.717, 1.165) is 59.1 Å². The van der Waals surface area contributed by atoms with Gasteiger partial charge in [-0.25, -0.2) is 19.7 Å². The first kappa shape index (κ1) is 24.6. The molecule has 0 radical (unpaired) electrons. The standard InChI is InChI=1S/C25H32BrN5O3S/c1-15-20-22(30-6-8-35-9-7-30)27-14-28-23(20)31(24(32)34-25(2,3)4)19-11-16(17-12-29(5)13-17)10-18(26)21(19)33-15/h10-11,14-15,17H,6-9,12-13H2,1-5H3. The molecule has 0 spiro atoms. The molecule has 3 aliphatic heterocycles. The van der Waals surface area contributed by atoms with E-state index in [1.54, 1.807) is 11.2 Å². The Kier molecular flexibility index (Phi) is 6.65. The van der Waals surface area contributed by atoms with Gasteiger partial charge in [-0.2, -0.15) is 11.8 Å². The van der Waals surface area contributed by atoms with Crippen LogP contribution in [0.1, 0.15) is 50.8 Å². The Morgan fingerprint density at radius 2 is 1.86 bits per heavy atom. The van der Waals surface area contributed by atoms with Gasteiger partial charge in [0, 0.05) is 43.6 Å². The fraction of sp³-hybridized carbons (Fsp3) is 0.560. The Morgan fingerprint density at radius 1 is 1.17 bits per heavy atom. The van der Waals surface area contributed by atoms with Gasteiger partial charge in [0.2, 0.25) is 0 Å². The summed E-state index contributed by atoms with van der Waals surface area (Å²) in [7, 11) is 2.11. The number of hydrogen-bond acceptors (Lipinski definition) is 8. The van der Waals surface area contributed by atoms with Crippen LogP contribution < -0.4 is 14.5 Å². The van der Waals surface area contributed by atoms with Crippen LogP contribution in [0, 0.1) is 0 Å². The summed E-state index contributed by atoms with van der Waals surface area (Å²) < 4.78 is 13.3. The number of hydrogen-bond donors (Lipinski definition) is 0. The topological polar surface area (TPSA) is 71.0 Å². The van der Waals surface area contributed by atoms with Crippen LogP contribution in [-0.2, 0) is 4.74 Å². The van der Waals surface area contributed by atoms with Crippen LogP contribution in [0.3, 0.4) is 0 Å². The van der Waals surface area contributed by atoms with Gasteiger partial charge < -0.3 is 19.3 Å². The van der Waals surface area contributed by atoms with Crippen molar-refractivity contribution in [1.29, 1.82) is 0 Å². The number of benzene rings is 1. The van der Waals surface area contributed by atoms with E-state index >= 15 is 0 Å². The van der Waals surface area contributed by atoms with E-state index in [-0.39, 0.29) is 6.10 Å². The first-order valence-electron chi connectivity index (χ1n) is 12.0. The zero-order valence-electron chi connectivity index (χ0n) is 20.9. The molecule has 188 valence electrons. The summed E-state index contributed by atoms with van der Waals surface area (Å²) >= 11 is 5.68. The van der Waals surface area contributed by atoms with Gasteiger partial charge in [-0.15, -0.1) is 0 Å². The number of rotatable bonds is 2. The molecule has 2 aromatic rings. The highest BCUT2D eigenvalue weighted by atomic mass is 79.9. The molecule has 3 aliphatic rings. The van der Waals surface area contributed by atoms with Crippen LogP contribution >= 0.6 is 27.7 Å². The fourth-order valence-corrected chi connectivity index (χ4v) is 6.28. The molecule has 35 heavy (non-hydrogen) atoms. The van der Waals surface area contributed by atoms with Crippen molar-refractivity contribution >= 4 is 51.1 Å². The first-order valence-corrected chi connectivity index (χ1v) is 14.0. The Morgan fingerprint density at radius 3 is 2.51 bits per heavy atom. The summed E-state index contributed by atoms with van der Waals surface area (Å²) in [6.45, 7) is 11.3. The number of likely N-dealkylation sites (N-methyl/N-ethyl adjacent to an activating group) is 1. The lowest BCUT2D eigenvalue weighted by atomic mass is 9.91. The van der Waals surface area contributed by atoms with E-state index in [2.05, 4.69) is 54.9 Å². The second-order valence-electron chi connectivity index (χ2n) is 10.4. The van der Waals surface area contributed by atoms with Gasteiger partial charge in [0.1, 0.15) is 23.9 Å². The molecule has 0 N–H and O–H groups in total. The molecule has 0 bridgehead atoms. The maximum atomic E-state index is 13.8. The minimum absolute atomic E-state index is 0.362. The van der Waals surface area contributed by atoms with Gasteiger partial charge in [0.25, 0.3) is 0 Å². The molecule has 8 nitrogen and oxygen atoms in total. The predicted octanol–water partition coefficient (Wildman–Crippen LogP) is 5.35. The molecule has 5 rings (SSSR count). The van der Waals surface area contributed by atoms with Crippen LogP contribution in [0.5, 0.6) is 5.75 Å². The van der Waals surface area contributed by atoms with Crippen LogP contribution in [0.4, 0.5) is 22.1 Å². The lowest BCUT2D eigenvalue weighted by Crippen LogP contribution is -2.41. The zero-order chi connectivity index (χ0) is 24.9. The second kappa shape index (κ2) is 9.44. The molecule has 1 aromatic heterocycles. The first-order chi connectivity index (χ1) is 16.6. The third-order valence-electron chi connectivity index (χ3n) is 6.46. The normalized spacial score (nSPS) is 20.9. The van der Waals surface area contributed by atoms with Crippen molar-refractivity contribution in [2.24, 2.45) is 0 Å². The number of carbonyl (C=O) groups excluding carboxylic acids is 1. The van der Waals surface area contributed by atoms with Gasteiger partial charge in [-0.05, 0) is 68.4 Å². The molecule has 2 fully saturated rings. The quantitative estimate of drug-likeness (QED) is 0.486. The summed E-state index contributed by atoms with van der Waals surface area (Å²) in [5.74, 6) is 4.42. The molecule has 1 amide bonds. The van der Waals surface area contributed by atoms with E-state index in [9.17, 15) is 4.79 Å². The average Bonchev–Trinajstić information content (AvgIpc) is 2.90. The number of nitrogens with zero attached hydrogens (tertiary/aromatic N) is 5. The monoisotopic (exact) mass is 561 g/mol. The van der Waals surface area contributed by atoms with Crippen molar-refractivity contribution in [1.82, 2.24) is 14.9 Å². The van der Waals surface area contributed by atoms with Gasteiger partial charge >= 0.3 is 6.09 Å². The number of carbonyl (C=O) groups is 1. The van der Waals surface area contributed by atoms with Crippen molar-refractivity contribution in [3.63, 3.8) is 0 Å². The minimum atomic E-state index is -0.665. The number of ether oxygens (including phenoxy) is 2. The fourth-order valence-electron chi connectivity index (χ4n) is 4.82. The highest BCUT2D eigenvalue weighted by Crippen LogP contribution is 2.50. The Balaban J connectivity index is 1.68. The third kappa shape index (κ3) is 4.84. The number of aromatic nitrogens is 2. The number of likely N-dealkylation sites (tertiary alicyclic amines) is 1. The van der Waals surface area contributed by atoms with E-state index in [0.29, 0.717) is 23.2 Å². The van der Waals surface area contributed by atoms with E-state index in [4.69, 9.17) is 9.47 Å². The van der Waals surface area contributed by atoms with Crippen molar-refractivity contribution in [2.75, 3.05) is 54.5 Å². The number of amides is 1. The summed E-state index contributed by atoms with van der Waals surface area (Å²) in [4.78, 5) is 29.2. The van der Waals surface area contributed by atoms with Crippen molar-refractivity contribution in [2.45, 2.75) is 45.3 Å². The van der Waals surface area contributed by atoms with Gasteiger partial charge in [0.15, 0.2) is 11.6 Å². The summed E-state index contributed by atoms with van der Waals surface area (Å²) in [6, 6.07) is 4.17. The molecule has 1 unspecified atom stereocenters. The molecule has 2 saturated heterocycles. The summed E-state index contributed by atoms with van der Waals surface area (Å²) in [6.07, 6.45) is 0.704. The SMILES string of the molecule is CC1Oc2c(Br)cc(C3CN(C)C3)cc2N(C(=O)OC(C)(C)C)c2ncnc(N3CCSCC3)c21. The molecule has 4 heterocycles. The Bertz CT molecular complexity index is 1130. The molecule has 1 aromatic carbocycles. The molecule has 0 saturated carbocycles. The van der Waals surface area contributed by atoms with Crippen LogP contribution in [-0.4, -0.2) is 71.3 Å². The maximum absolute atomic E-state index is 13.8. The number of thioether (sulfide) groups is 1. The lowest BCUT2D eigenvalue weighted by molar-refractivity contribution is 0.0598. The van der Waals surface area contributed by atoms with Crippen molar-refractivity contribution in [3.05, 3.63) is 34.1 Å². The van der Waals surface area contributed by atoms with Crippen molar-refractivity contribution < 1.29 is 14.3 Å². The van der Waals surface area contributed by atoms with E-state index in [1.807, 2.05) is 39.5 Å². The predicted molar refractivity (Wildman–Crippen MR) is 143 cm³/mol. The van der Waals surface area contributed by atoms with E-state index < -0.39 is 11.7 Å². The molecule has 0 aliphatic carbocycles. The maximum Gasteiger partial charge on any atom is 0.420 e. The molecule has 10 heteroatoms. The minimum Gasteiger partial charge on any atom is -0.482 e. The highest BCUT2D eigenvalue weighted by Gasteiger charge is 2.39. The smallest absolute Gasteiger partial charge is 0.420 e. The van der Waals surface area contributed by atoms with Gasteiger partial charge in [0.05, 0.1) is 15.7 Å². The summed E-state index contributed by atoms with van der Waals surface area (Å²) in [5.41, 5.74) is 1.94. The molecular formula is C25H32BrN5O3S.